The van der Waals surface area contributed by atoms with E-state index in [1.54, 1.807) is 0 Å². The molecule has 2 aromatic carbocycles. The number of allylic oxidation sites excluding steroid dienone is 6. The Morgan fingerprint density at radius 2 is 1.46 bits per heavy atom. The number of imidazole rings is 1. The Morgan fingerprint density at radius 3 is 2.11 bits per heavy atom. The van der Waals surface area contributed by atoms with Gasteiger partial charge >= 0.3 is 12.2 Å². The second-order valence-electron chi connectivity index (χ2n) is 22.5. The lowest BCUT2D eigenvalue weighted by Gasteiger charge is -2.31. The fraction of sp³-hybridized carbons (Fsp3) is 0.536. The molecule has 2 unspecified atom stereocenters. The van der Waals surface area contributed by atoms with Crippen LogP contribution in [0.5, 0.6) is 0 Å². The fourth-order valence-corrected chi connectivity index (χ4v) is 12.4. The Morgan fingerprint density at radius 1 is 0.786 bits per heavy atom. The van der Waals surface area contributed by atoms with Crippen LogP contribution in [0.25, 0.3) is 22.2 Å². The van der Waals surface area contributed by atoms with Gasteiger partial charge in [0.15, 0.2) is 0 Å². The molecule has 3 aromatic rings. The van der Waals surface area contributed by atoms with E-state index in [4.69, 9.17) is 19.5 Å². The van der Waals surface area contributed by atoms with Crippen molar-refractivity contribution in [2.24, 2.45) is 33.6 Å². The first-order valence-corrected chi connectivity index (χ1v) is 25.8. The second kappa shape index (κ2) is 17.9. The molecule has 14 heteroatoms. The normalized spacial score (nSPS) is 26.5. The number of nitrogens with zero attached hydrogens (tertiary/aromatic N) is 4. The minimum Gasteiger partial charge on any atom is -0.453 e. The molecule has 14 nitrogen and oxygen atoms in total. The van der Waals surface area contributed by atoms with Gasteiger partial charge in [-0.15, -0.1) is 0 Å². The highest BCUT2D eigenvalue weighted by atomic mass is 16.5. The van der Waals surface area contributed by atoms with Crippen molar-refractivity contribution in [2.45, 2.75) is 135 Å². The van der Waals surface area contributed by atoms with Gasteiger partial charge in [-0.2, -0.15) is 0 Å². The van der Waals surface area contributed by atoms with Gasteiger partial charge in [0.1, 0.15) is 23.7 Å². The Balaban J connectivity index is 0.809. The lowest BCUT2D eigenvalue weighted by molar-refractivity contribution is -0.136. The van der Waals surface area contributed by atoms with Crippen LogP contribution in [0.4, 0.5) is 9.59 Å². The molecule has 4 heterocycles. The predicted octanol–water partition coefficient (Wildman–Crippen LogP) is 8.41. The van der Waals surface area contributed by atoms with E-state index in [9.17, 15) is 19.2 Å². The first-order chi connectivity index (χ1) is 33.7. The highest BCUT2D eigenvalue weighted by Crippen LogP contribution is 2.59. The SMILES string of the molecule is COC(=O)N[C@H](C(=O)N1CC2(CC2)C[C@H]1C1=NC2C=CC(C3=C4C=C[C@@H](CCc5ccc(cc5-c5ccc6nc([C@@H]7CC8(CC8)CN7C(=O)[C@@H](NC(=O)OC)C(C)C)[nH]c6c5)CC4)C3)=CC2N1)C(C)C. The van der Waals surface area contributed by atoms with Crippen molar-refractivity contribution in [3.63, 3.8) is 0 Å². The summed E-state index contributed by atoms with van der Waals surface area (Å²) in [7, 11) is 2.65. The molecule has 4 amide bonds. The molecular formula is C56H68N8O6. The molecule has 7 atom stereocenters. The average Bonchev–Trinajstić information content (AvgIpc) is 4.00. The number of ether oxygens (including phenoxy) is 2. The molecule has 2 saturated carbocycles. The van der Waals surface area contributed by atoms with E-state index in [-0.39, 0.29) is 58.6 Å². The monoisotopic (exact) mass is 949 g/mol. The number of aryl methyl sites for hydroxylation is 2. The number of aliphatic imine (C=N–C) groups is 1. The van der Waals surface area contributed by atoms with Crippen LogP contribution < -0.4 is 16.0 Å². The van der Waals surface area contributed by atoms with E-state index in [1.807, 2.05) is 37.5 Å². The summed E-state index contributed by atoms with van der Waals surface area (Å²) in [6.07, 6.45) is 21.5. The Labute approximate surface area is 410 Å². The number of benzene rings is 2. The van der Waals surface area contributed by atoms with Crippen LogP contribution >= 0.6 is 0 Å². The smallest absolute Gasteiger partial charge is 0.407 e. The van der Waals surface area contributed by atoms with Gasteiger partial charge in [0, 0.05) is 13.1 Å². The summed E-state index contributed by atoms with van der Waals surface area (Å²) in [5.74, 6) is 1.71. The quantitative estimate of drug-likeness (QED) is 0.157. The van der Waals surface area contributed by atoms with Crippen molar-refractivity contribution in [1.29, 1.82) is 0 Å². The summed E-state index contributed by atoms with van der Waals surface area (Å²) >= 11 is 0. The minimum atomic E-state index is -0.685. The van der Waals surface area contributed by atoms with Gasteiger partial charge in [-0.05, 0) is 150 Å². The van der Waals surface area contributed by atoms with Crippen molar-refractivity contribution in [1.82, 2.24) is 35.7 Å². The van der Waals surface area contributed by atoms with E-state index in [0.29, 0.717) is 19.0 Å². The summed E-state index contributed by atoms with van der Waals surface area (Å²) in [5.41, 5.74) is 11.2. The number of amides is 4. The molecule has 4 fully saturated rings. The maximum Gasteiger partial charge on any atom is 0.407 e. The number of aromatic nitrogens is 2. The highest BCUT2D eigenvalue weighted by Gasteiger charge is 2.57. The standard InChI is InChI=1S/C56H68N8O6/c1-31(2)47(61-53(67)69-5)51(65)63-29-55(19-20-55)27-45(63)49-57-41-17-15-37(25-43(41)59-49)39-23-33-7-11-35(39)13-9-34-8-12-36(14-10-33)40(24-34)38-16-18-42-44(26-38)60-50(58-42)46-28-56(21-22-56)30-64(46)52(66)48(32(3)4)62-54(68)70-6/h7-8,11-12,15-18,23,25-26,31-32,34,42,44-48H,9-10,13-14,19-22,24,27-30H2,1-6H3,(H,57,59)(H,58,60)(H,61,67)(H,62,68)/t34-,42?,44?,45-,46-,47-,48-/m0/s1. The number of nitrogens with one attached hydrogen (secondary N) is 4. The number of H-pyrrole nitrogens is 1. The Kier molecular flexibility index (Phi) is 11.8. The molecule has 2 spiro atoms. The third-order valence-corrected chi connectivity index (χ3v) is 16.9. The molecular weight excluding hydrogens is 881 g/mol. The van der Waals surface area contributed by atoms with Crippen molar-refractivity contribution in [3.05, 3.63) is 100 Å². The molecule has 3 aliphatic heterocycles. The van der Waals surface area contributed by atoms with Crippen LogP contribution in [-0.2, 0) is 31.9 Å². The lowest BCUT2D eigenvalue weighted by atomic mass is 9.78. The molecule has 4 N–H and O–H groups in total. The van der Waals surface area contributed by atoms with Crippen LogP contribution in [0.15, 0.2) is 88.5 Å². The lowest BCUT2D eigenvalue weighted by Crippen LogP contribution is -2.55. The number of likely N-dealkylation sites (tertiary alicyclic amines) is 2. The highest BCUT2D eigenvalue weighted by molar-refractivity contribution is 5.96. The second-order valence-corrected chi connectivity index (χ2v) is 22.5. The van der Waals surface area contributed by atoms with Crippen molar-refractivity contribution >= 4 is 40.9 Å². The number of hydrogen-bond donors (Lipinski definition) is 4. The van der Waals surface area contributed by atoms with Crippen LogP contribution in [0.2, 0.25) is 0 Å². The summed E-state index contributed by atoms with van der Waals surface area (Å²) in [4.78, 5) is 70.8. The Hall–Kier alpha value is -6.18. The number of methoxy groups -OCH3 is 2. The number of aromatic amines is 1. The fourth-order valence-electron chi connectivity index (χ4n) is 12.4. The molecule has 2 saturated heterocycles. The number of carbonyl (C=O) groups is 4. The van der Waals surface area contributed by atoms with Gasteiger partial charge in [0.2, 0.25) is 11.8 Å². The minimum absolute atomic E-state index is 0.00781. The molecule has 70 heavy (non-hydrogen) atoms. The molecule has 1 aromatic heterocycles. The zero-order chi connectivity index (χ0) is 48.6. The van der Waals surface area contributed by atoms with Crippen LogP contribution in [0.1, 0.15) is 108 Å². The number of rotatable bonds is 10. The number of carbonyl (C=O) groups excluding carboxylic acids is 4. The van der Waals surface area contributed by atoms with E-state index < -0.39 is 24.3 Å². The Bertz CT molecular complexity index is 2790. The topological polar surface area (TPSA) is 170 Å². The maximum atomic E-state index is 14.2. The van der Waals surface area contributed by atoms with Crippen molar-refractivity contribution in [2.75, 3.05) is 27.3 Å². The largest absolute Gasteiger partial charge is 0.453 e. The zero-order valence-electron chi connectivity index (χ0n) is 41.5. The van der Waals surface area contributed by atoms with Gasteiger partial charge in [-0.25, -0.2) is 14.6 Å². The van der Waals surface area contributed by atoms with Gasteiger partial charge in [0.05, 0.1) is 49.4 Å². The molecule has 4 bridgehead atoms. The van der Waals surface area contributed by atoms with Gasteiger partial charge < -0.3 is 40.2 Å². The van der Waals surface area contributed by atoms with Crippen molar-refractivity contribution < 1.29 is 28.7 Å². The number of fused-ring (bicyclic) bond motifs is 2. The average molecular weight is 949 g/mol. The summed E-state index contributed by atoms with van der Waals surface area (Å²) < 4.78 is 9.77. The van der Waals surface area contributed by atoms with Crippen LogP contribution in [-0.4, -0.2) is 107 Å². The summed E-state index contributed by atoms with van der Waals surface area (Å²) in [6.45, 7) is 9.16. The number of alkyl carbamates (subject to hydrolysis) is 2. The summed E-state index contributed by atoms with van der Waals surface area (Å²) in [5, 5.41) is 9.40. The third kappa shape index (κ3) is 8.73. The third-order valence-electron chi connectivity index (χ3n) is 16.9. The maximum absolute atomic E-state index is 14.2. The van der Waals surface area contributed by atoms with Crippen molar-refractivity contribution in [3.8, 4) is 11.1 Å². The van der Waals surface area contributed by atoms with Gasteiger partial charge in [-0.1, -0.05) is 82.3 Å². The number of amidine groups is 1. The number of hydrogen-bond acceptors (Lipinski definition) is 9. The zero-order valence-corrected chi connectivity index (χ0v) is 41.5. The van der Waals surface area contributed by atoms with E-state index >= 15 is 0 Å². The molecule has 11 aliphatic rings. The van der Waals surface area contributed by atoms with Gasteiger partial charge in [-0.3, -0.25) is 14.6 Å². The van der Waals surface area contributed by atoms with E-state index in [2.05, 4.69) is 87.7 Å². The van der Waals surface area contributed by atoms with E-state index in [0.717, 1.165) is 98.9 Å². The van der Waals surface area contributed by atoms with E-state index in [1.165, 1.54) is 47.6 Å². The molecule has 368 valence electrons. The van der Waals surface area contributed by atoms with Crippen LogP contribution in [0, 0.1) is 28.6 Å². The molecule has 14 rings (SSSR count). The molecule has 0 radical (unpaired) electrons. The van der Waals surface area contributed by atoms with Gasteiger partial charge in [0.25, 0.3) is 0 Å². The predicted molar refractivity (Wildman–Crippen MR) is 269 cm³/mol. The first-order valence-electron chi connectivity index (χ1n) is 25.8. The van der Waals surface area contributed by atoms with Crippen LogP contribution in [0.3, 0.4) is 0 Å². The molecule has 8 aliphatic carbocycles. The summed E-state index contributed by atoms with van der Waals surface area (Å²) in [6, 6.07) is 11.8. The first kappa shape index (κ1) is 46.2.